The van der Waals surface area contributed by atoms with Crippen molar-refractivity contribution in [3.05, 3.63) is 59.1 Å². The van der Waals surface area contributed by atoms with Crippen molar-refractivity contribution in [2.75, 3.05) is 27.7 Å². The number of rotatable bonds is 7. The van der Waals surface area contributed by atoms with E-state index in [-0.39, 0.29) is 6.04 Å². The number of carbonyl (C=O) groups is 2. The Bertz CT molecular complexity index is 909. The Morgan fingerprint density at radius 3 is 2.19 bits per heavy atom. The molecule has 0 heterocycles. The molecule has 0 aliphatic rings. The van der Waals surface area contributed by atoms with Gasteiger partial charge in [-0.25, -0.2) is 9.59 Å². The highest BCUT2D eigenvalue weighted by Gasteiger charge is 2.26. The average Bonchev–Trinajstić information content (AvgIpc) is 2.70. The molecule has 0 saturated heterocycles. The van der Waals surface area contributed by atoms with E-state index in [1.807, 2.05) is 45.0 Å². The van der Waals surface area contributed by atoms with Gasteiger partial charge in [0.05, 0.1) is 12.6 Å². The molecule has 2 amide bonds. The summed E-state index contributed by atoms with van der Waals surface area (Å²) in [6.45, 7) is 5.83. The highest BCUT2D eigenvalue weighted by atomic mass is 35.5. The lowest BCUT2D eigenvalue weighted by atomic mass is 10.0. The van der Waals surface area contributed by atoms with Gasteiger partial charge >= 0.3 is 12.2 Å². The predicted octanol–water partition coefficient (Wildman–Crippen LogP) is 5.78. The number of amides is 2. The summed E-state index contributed by atoms with van der Waals surface area (Å²) in [6.07, 6.45) is -0.387. The van der Waals surface area contributed by atoms with E-state index in [2.05, 4.69) is 0 Å². The van der Waals surface area contributed by atoms with Gasteiger partial charge in [0, 0.05) is 32.6 Å². The normalized spacial score (nSPS) is 12.0. The summed E-state index contributed by atoms with van der Waals surface area (Å²) in [7, 11) is 4.92. The van der Waals surface area contributed by atoms with E-state index in [1.54, 1.807) is 50.3 Å². The highest BCUT2D eigenvalue weighted by molar-refractivity contribution is 6.30. The summed E-state index contributed by atoms with van der Waals surface area (Å²) in [5, 5.41) is 0.591. The Morgan fingerprint density at radius 1 is 0.969 bits per heavy atom. The van der Waals surface area contributed by atoms with Crippen LogP contribution in [0.15, 0.2) is 48.5 Å². The molecule has 8 heteroatoms. The molecule has 1 atom stereocenters. The van der Waals surface area contributed by atoms with Crippen LogP contribution in [0.3, 0.4) is 0 Å². The van der Waals surface area contributed by atoms with Gasteiger partial charge in [-0.3, -0.25) is 0 Å². The third-order valence-corrected chi connectivity index (χ3v) is 4.68. The van der Waals surface area contributed by atoms with Crippen molar-refractivity contribution in [3.63, 3.8) is 0 Å². The molecule has 0 aliphatic carbocycles. The van der Waals surface area contributed by atoms with Gasteiger partial charge in [0.1, 0.15) is 17.1 Å². The summed E-state index contributed by atoms with van der Waals surface area (Å²) < 4.78 is 16.7. The van der Waals surface area contributed by atoms with Crippen LogP contribution in [0.2, 0.25) is 5.02 Å². The maximum Gasteiger partial charge on any atom is 0.414 e. The maximum atomic E-state index is 12.7. The highest BCUT2D eigenvalue weighted by Crippen LogP contribution is 2.28. The van der Waals surface area contributed by atoms with Crippen molar-refractivity contribution >= 4 is 23.8 Å². The zero-order chi connectivity index (χ0) is 23.9. The first kappa shape index (κ1) is 25.3. The molecule has 2 rings (SSSR count). The molecule has 174 valence electrons. The minimum atomic E-state index is -0.614. The molecule has 0 radical (unpaired) electrons. The fourth-order valence-electron chi connectivity index (χ4n) is 2.84. The smallest absolute Gasteiger partial charge is 0.414 e. The number of hydrogen-bond donors (Lipinski definition) is 0. The summed E-state index contributed by atoms with van der Waals surface area (Å²) in [5.74, 6) is 1.07. The monoisotopic (exact) mass is 462 g/mol. The predicted molar refractivity (Wildman–Crippen MR) is 124 cm³/mol. The first-order chi connectivity index (χ1) is 15.0. The molecular weight excluding hydrogens is 432 g/mol. The first-order valence-corrected chi connectivity index (χ1v) is 10.7. The molecule has 0 fully saturated rings. The molecule has 0 saturated carbocycles. The van der Waals surface area contributed by atoms with E-state index >= 15 is 0 Å². The first-order valence-electron chi connectivity index (χ1n) is 10.3. The Morgan fingerprint density at radius 2 is 1.62 bits per heavy atom. The Hall–Kier alpha value is -2.93. The van der Waals surface area contributed by atoms with E-state index in [9.17, 15) is 9.59 Å². The van der Waals surface area contributed by atoms with Crippen LogP contribution >= 0.6 is 11.6 Å². The standard InChI is InChI=1S/C24H31ClN2O5/c1-24(2,3)32-23(29)27(6)21(14-15-30-20-9-7-8-18(25)16-20)17-10-12-19(13-11-17)31-22(28)26(4)5/h7-13,16,21H,14-15H2,1-6H3/t21-/m1/s1. The van der Waals surface area contributed by atoms with Crippen LogP contribution in [0.1, 0.15) is 38.8 Å². The Balaban J connectivity index is 2.17. The maximum absolute atomic E-state index is 12.7. The minimum absolute atomic E-state index is 0.317. The van der Waals surface area contributed by atoms with Crippen LogP contribution in [0.25, 0.3) is 0 Å². The second-order valence-electron chi connectivity index (χ2n) is 8.53. The van der Waals surface area contributed by atoms with Gasteiger partial charge in [0.25, 0.3) is 0 Å². The average molecular weight is 463 g/mol. The number of nitrogens with zero attached hydrogens (tertiary/aromatic N) is 2. The summed E-state index contributed by atoms with van der Waals surface area (Å²) in [4.78, 5) is 27.4. The van der Waals surface area contributed by atoms with Gasteiger partial charge < -0.3 is 24.0 Å². The van der Waals surface area contributed by atoms with Crippen molar-refractivity contribution in [3.8, 4) is 11.5 Å². The van der Waals surface area contributed by atoms with Crippen LogP contribution < -0.4 is 9.47 Å². The van der Waals surface area contributed by atoms with Crippen molar-refractivity contribution in [1.29, 1.82) is 0 Å². The molecule has 0 unspecified atom stereocenters. The van der Waals surface area contributed by atoms with Gasteiger partial charge in [-0.15, -0.1) is 0 Å². The minimum Gasteiger partial charge on any atom is -0.493 e. The lowest BCUT2D eigenvalue weighted by Crippen LogP contribution is -2.37. The number of carbonyl (C=O) groups excluding carboxylic acids is 2. The van der Waals surface area contributed by atoms with Crippen LogP contribution in [0.4, 0.5) is 9.59 Å². The Labute approximate surface area is 194 Å². The lowest BCUT2D eigenvalue weighted by molar-refractivity contribution is 0.0201. The molecule has 0 aliphatic heterocycles. The zero-order valence-corrected chi connectivity index (χ0v) is 20.2. The topological polar surface area (TPSA) is 68.3 Å². The van der Waals surface area contributed by atoms with Crippen molar-refractivity contribution < 1.29 is 23.8 Å². The van der Waals surface area contributed by atoms with Crippen LogP contribution in [0, 0.1) is 0 Å². The quantitative estimate of drug-likeness (QED) is 0.521. The molecule has 0 bridgehead atoms. The van der Waals surface area contributed by atoms with E-state index in [1.165, 1.54) is 4.90 Å². The SMILES string of the molecule is CN(C)C(=O)Oc1ccc([C@@H](CCOc2cccc(Cl)c2)N(C)C(=O)OC(C)(C)C)cc1. The van der Waals surface area contributed by atoms with Crippen molar-refractivity contribution in [1.82, 2.24) is 9.80 Å². The molecule has 2 aromatic rings. The van der Waals surface area contributed by atoms with E-state index in [0.717, 1.165) is 5.56 Å². The third kappa shape index (κ3) is 7.96. The van der Waals surface area contributed by atoms with Crippen molar-refractivity contribution in [2.24, 2.45) is 0 Å². The number of hydrogen-bond acceptors (Lipinski definition) is 5. The second-order valence-corrected chi connectivity index (χ2v) is 8.97. The number of ether oxygens (including phenoxy) is 3. The zero-order valence-electron chi connectivity index (χ0n) is 19.4. The summed E-state index contributed by atoms with van der Waals surface area (Å²) in [5.41, 5.74) is 0.245. The molecule has 0 spiro atoms. The molecule has 2 aromatic carbocycles. The molecule has 32 heavy (non-hydrogen) atoms. The largest absolute Gasteiger partial charge is 0.493 e. The van der Waals surface area contributed by atoms with Crippen LogP contribution in [-0.4, -0.2) is 55.3 Å². The Kier molecular flexibility index (Phi) is 8.78. The van der Waals surface area contributed by atoms with Crippen LogP contribution in [0.5, 0.6) is 11.5 Å². The number of benzene rings is 2. The van der Waals surface area contributed by atoms with Gasteiger partial charge in [0.15, 0.2) is 0 Å². The molecule has 0 aromatic heterocycles. The van der Waals surface area contributed by atoms with E-state index < -0.39 is 17.8 Å². The van der Waals surface area contributed by atoms with Gasteiger partial charge in [-0.1, -0.05) is 29.8 Å². The van der Waals surface area contributed by atoms with Crippen LogP contribution in [-0.2, 0) is 4.74 Å². The van der Waals surface area contributed by atoms with E-state index in [0.29, 0.717) is 29.5 Å². The fraction of sp³-hybridized carbons (Fsp3) is 0.417. The second kappa shape index (κ2) is 11.1. The molecular formula is C24H31ClN2O5. The molecule has 7 nitrogen and oxygen atoms in total. The van der Waals surface area contributed by atoms with Gasteiger partial charge in [-0.2, -0.15) is 0 Å². The lowest BCUT2D eigenvalue weighted by Gasteiger charge is -2.31. The summed E-state index contributed by atoms with van der Waals surface area (Å²) >= 11 is 6.02. The number of halogens is 1. The van der Waals surface area contributed by atoms with Gasteiger partial charge in [0.2, 0.25) is 0 Å². The third-order valence-electron chi connectivity index (χ3n) is 4.44. The van der Waals surface area contributed by atoms with Crippen molar-refractivity contribution in [2.45, 2.75) is 38.8 Å². The van der Waals surface area contributed by atoms with Gasteiger partial charge in [-0.05, 0) is 56.7 Å². The fourth-order valence-corrected chi connectivity index (χ4v) is 3.02. The van der Waals surface area contributed by atoms with E-state index in [4.69, 9.17) is 25.8 Å². The summed E-state index contributed by atoms with van der Waals surface area (Å²) in [6, 6.07) is 13.9. The molecule has 0 N–H and O–H groups in total.